The number of rotatable bonds is 5. The smallest absolute Gasteiger partial charge is 0.336 e. The molecule has 0 unspecified atom stereocenters. The molecule has 0 aliphatic carbocycles. The van der Waals surface area contributed by atoms with Gasteiger partial charge in [0.25, 0.3) is 5.91 Å². The monoisotopic (exact) mass is 403 g/mol. The molecule has 1 aromatic heterocycles. The van der Waals surface area contributed by atoms with Gasteiger partial charge >= 0.3 is 11.6 Å². The predicted molar refractivity (Wildman–Crippen MR) is 101 cm³/mol. The van der Waals surface area contributed by atoms with Crippen LogP contribution in [0.2, 0.25) is 5.02 Å². The maximum atomic E-state index is 13.6. The number of ether oxygens (including phenoxy) is 1. The van der Waals surface area contributed by atoms with Crippen molar-refractivity contribution in [2.45, 2.75) is 13.5 Å². The number of amides is 1. The first-order chi connectivity index (χ1) is 13.3. The highest BCUT2D eigenvalue weighted by Gasteiger charge is 2.14. The van der Waals surface area contributed by atoms with Gasteiger partial charge in [-0.15, -0.1) is 0 Å². The molecule has 0 aliphatic rings. The molecule has 2 aromatic carbocycles. The first kappa shape index (κ1) is 19.6. The van der Waals surface area contributed by atoms with Gasteiger partial charge in [0.1, 0.15) is 24.6 Å². The molecule has 0 bridgehead atoms. The fourth-order valence-corrected chi connectivity index (χ4v) is 2.73. The standard InChI is InChI=1S/C20H15ClFNO5/c1-11-6-17-14(8-15(11)21)12(7-18(24)28-17)10-27-19(25)9-23-20(26)13-4-2-3-5-16(13)22/h2-8H,9-10H2,1H3,(H,23,26). The van der Waals surface area contributed by atoms with Crippen molar-refractivity contribution in [3.63, 3.8) is 0 Å². The summed E-state index contributed by atoms with van der Waals surface area (Å²) >= 11 is 6.11. The molecule has 0 aliphatic heterocycles. The van der Waals surface area contributed by atoms with E-state index in [9.17, 15) is 18.8 Å². The summed E-state index contributed by atoms with van der Waals surface area (Å²) in [6.45, 7) is 1.11. The number of halogens is 2. The van der Waals surface area contributed by atoms with E-state index in [2.05, 4.69) is 5.32 Å². The maximum absolute atomic E-state index is 13.6. The summed E-state index contributed by atoms with van der Waals surface area (Å²) in [7, 11) is 0. The van der Waals surface area contributed by atoms with E-state index in [1.807, 2.05) is 0 Å². The summed E-state index contributed by atoms with van der Waals surface area (Å²) in [5.74, 6) is -2.17. The van der Waals surface area contributed by atoms with Gasteiger partial charge in [0.2, 0.25) is 0 Å². The van der Waals surface area contributed by atoms with Gasteiger partial charge in [0.15, 0.2) is 0 Å². The first-order valence-electron chi connectivity index (χ1n) is 8.26. The average Bonchev–Trinajstić information content (AvgIpc) is 2.66. The Morgan fingerprint density at radius 3 is 2.71 bits per heavy atom. The molecule has 0 atom stereocenters. The molecule has 1 amide bonds. The van der Waals surface area contributed by atoms with Crippen LogP contribution >= 0.6 is 11.6 Å². The van der Waals surface area contributed by atoms with Crippen molar-refractivity contribution in [1.82, 2.24) is 5.32 Å². The van der Waals surface area contributed by atoms with Crippen LogP contribution in [0.4, 0.5) is 4.39 Å². The van der Waals surface area contributed by atoms with Crippen molar-refractivity contribution in [3.05, 3.63) is 80.4 Å². The third-order valence-corrected chi connectivity index (χ3v) is 4.42. The molecule has 0 spiro atoms. The van der Waals surface area contributed by atoms with E-state index in [0.29, 0.717) is 21.6 Å². The lowest BCUT2D eigenvalue weighted by Gasteiger charge is -2.09. The second-order valence-electron chi connectivity index (χ2n) is 6.01. The minimum absolute atomic E-state index is 0.174. The molecule has 6 nitrogen and oxygen atoms in total. The molecule has 0 fully saturated rings. The van der Waals surface area contributed by atoms with Crippen molar-refractivity contribution >= 4 is 34.4 Å². The Morgan fingerprint density at radius 2 is 1.96 bits per heavy atom. The van der Waals surface area contributed by atoms with Crippen LogP contribution in [-0.4, -0.2) is 18.4 Å². The van der Waals surface area contributed by atoms with Gasteiger partial charge in [-0.05, 0) is 36.8 Å². The van der Waals surface area contributed by atoms with Gasteiger partial charge in [-0.1, -0.05) is 23.7 Å². The Labute approximate surface area is 163 Å². The van der Waals surface area contributed by atoms with Crippen molar-refractivity contribution in [2.75, 3.05) is 6.54 Å². The zero-order valence-corrected chi connectivity index (χ0v) is 15.5. The molecule has 0 radical (unpaired) electrons. The van der Waals surface area contributed by atoms with Crippen LogP contribution in [0.25, 0.3) is 11.0 Å². The van der Waals surface area contributed by atoms with Crippen LogP contribution in [-0.2, 0) is 16.1 Å². The number of nitrogens with one attached hydrogen (secondary N) is 1. The molecule has 1 N–H and O–H groups in total. The molecule has 0 saturated heterocycles. The molecular weight excluding hydrogens is 389 g/mol. The summed E-state index contributed by atoms with van der Waals surface area (Å²) in [5, 5.41) is 3.30. The average molecular weight is 404 g/mol. The van der Waals surface area contributed by atoms with Crippen molar-refractivity contribution in [1.29, 1.82) is 0 Å². The lowest BCUT2D eigenvalue weighted by Crippen LogP contribution is -2.31. The van der Waals surface area contributed by atoms with E-state index in [0.717, 1.165) is 11.6 Å². The summed E-state index contributed by atoms with van der Waals surface area (Å²) in [6, 6.07) is 9.86. The van der Waals surface area contributed by atoms with Crippen molar-refractivity contribution in [2.24, 2.45) is 0 Å². The summed E-state index contributed by atoms with van der Waals surface area (Å²) in [5.41, 5.74) is 0.720. The van der Waals surface area contributed by atoms with E-state index in [1.165, 1.54) is 24.3 Å². The van der Waals surface area contributed by atoms with Crippen molar-refractivity contribution in [3.8, 4) is 0 Å². The molecule has 144 valence electrons. The van der Waals surface area contributed by atoms with Gasteiger partial charge < -0.3 is 14.5 Å². The zero-order chi connectivity index (χ0) is 20.3. The highest BCUT2D eigenvalue weighted by atomic mass is 35.5. The Bertz CT molecular complexity index is 1130. The summed E-state index contributed by atoms with van der Waals surface area (Å²) in [6.07, 6.45) is 0. The number of esters is 1. The fourth-order valence-electron chi connectivity index (χ4n) is 2.57. The maximum Gasteiger partial charge on any atom is 0.336 e. The first-order valence-corrected chi connectivity index (χ1v) is 8.64. The molecule has 28 heavy (non-hydrogen) atoms. The second-order valence-corrected chi connectivity index (χ2v) is 6.42. The van der Waals surface area contributed by atoms with E-state index in [-0.39, 0.29) is 12.2 Å². The predicted octanol–water partition coefficient (Wildman–Crippen LogP) is 3.37. The minimum Gasteiger partial charge on any atom is -0.459 e. The topological polar surface area (TPSA) is 85.6 Å². The van der Waals surface area contributed by atoms with E-state index < -0.39 is 29.9 Å². The van der Waals surface area contributed by atoms with E-state index in [4.69, 9.17) is 20.8 Å². The minimum atomic E-state index is -0.746. The molecule has 3 rings (SSSR count). The number of carbonyl (C=O) groups excluding carboxylic acids is 2. The third-order valence-electron chi connectivity index (χ3n) is 4.01. The number of hydrogen-bond donors (Lipinski definition) is 1. The molecule has 3 aromatic rings. The third kappa shape index (κ3) is 4.37. The van der Waals surface area contributed by atoms with Crippen molar-refractivity contribution < 1.29 is 23.1 Å². The van der Waals surface area contributed by atoms with Gasteiger partial charge in [-0.3, -0.25) is 9.59 Å². The Balaban J connectivity index is 1.66. The van der Waals surface area contributed by atoms with Gasteiger partial charge in [0, 0.05) is 22.0 Å². The van der Waals surface area contributed by atoms with Crippen LogP contribution < -0.4 is 10.9 Å². The Morgan fingerprint density at radius 1 is 1.21 bits per heavy atom. The van der Waals surface area contributed by atoms with Crippen LogP contribution in [0.15, 0.2) is 51.7 Å². The van der Waals surface area contributed by atoms with Gasteiger partial charge in [-0.2, -0.15) is 0 Å². The number of benzene rings is 2. The number of carbonyl (C=O) groups is 2. The van der Waals surface area contributed by atoms with E-state index >= 15 is 0 Å². The summed E-state index contributed by atoms with van der Waals surface area (Å²) in [4.78, 5) is 35.5. The van der Waals surface area contributed by atoms with Crippen LogP contribution in [0.3, 0.4) is 0 Å². The molecular formula is C20H15ClFNO5. The van der Waals surface area contributed by atoms with Gasteiger partial charge in [0.05, 0.1) is 5.56 Å². The van der Waals surface area contributed by atoms with E-state index in [1.54, 1.807) is 19.1 Å². The number of fused-ring (bicyclic) bond motifs is 1. The zero-order valence-electron chi connectivity index (χ0n) is 14.8. The lowest BCUT2D eigenvalue weighted by atomic mass is 10.1. The molecule has 1 heterocycles. The SMILES string of the molecule is Cc1cc2oc(=O)cc(COC(=O)CNC(=O)c3ccccc3F)c2cc1Cl. The van der Waals surface area contributed by atoms with Crippen LogP contribution in [0.1, 0.15) is 21.5 Å². The summed E-state index contributed by atoms with van der Waals surface area (Å²) < 4.78 is 23.8. The number of aryl methyl sites for hydroxylation is 1. The highest BCUT2D eigenvalue weighted by molar-refractivity contribution is 6.32. The normalized spacial score (nSPS) is 10.7. The fraction of sp³-hybridized carbons (Fsp3) is 0.150. The Hall–Kier alpha value is -3.19. The largest absolute Gasteiger partial charge is 0.459 e. The Kier molecular flexibility index (Phi) is 5.75. The quantitative estimate of drug-likeness (QED) is 0.521. The number of hydrogen-bond acceptors (Lipinski definition) is 5. The lowest BCUT2D eigenvalue weighted by molar-refractivity contribution is -0.143. The van der Waals surface area contributed by atoms with Crippen LogP contribution in [0, 0.1) is 12.7 Å². The second kappa shape index (κ2) is 8.22. The highest BCUT2D eigenvalue weighted by Crippen LogP contribution is 2.25. The molecule has 0 saturated carbocycles. The molecule has 8 heteroatoms. The van der Waals surface area contributed by atoms with Crippen LogP contribution in [0.5, 0.6) is 0 Å². The van der Waals surface area contributed by atoms with Gasteiger partial charge in [-0.25, -0.2) is 9.18 Å².